The Labute approximate surface area is 116 Å². The number of hydrogen-bond donors (Lipinski definition) is 0. The smallest absolute Gasteiger partial charge is 0.343 e. The first-order valence-corrected chi connectivity index (χ1v) is 6.05. The second kappa shape index (κ2) is 6.89. The zero-order chi connectivity index (χ0) is 14.4. The first kappa shape index (κ1) is 15.2. The number of aromatic nitrogens is 1. The van der Waals surface area contributed by atoms with Crippen LogP contribution in [0.1, 0.15) is 17.3 Å². The van der Waals surface area contributed by atoms with Crippen LogP contribution in [-0.4, -0.2) is 42.3 Å². The van der Waals surface area contributed by atoms with Gasteiger partial charge in [0.25, 0.3) is 0 Å². The van der Waals surface area contributed by atoms with E-state index in [-0.39, 0.29) is 22.9 Å². The van der Waals surface area contributed by atoms with Crippen LogP contribution in [0.4, 0.5) is 0 Å². The van der Waals surface area contributed by atoms with Gasteiger partial charge in [-0.15, -0.1) is 0 Å². The monoisotopic (exact) mass is 282 g/mol. The van der Waals surface area contributed by atoms with Crippen LogP contribution in [0.5, 0.6) is 0 Å². The lowest BCUT2D eigenvalue weighted by Crippen LogP contribution is -2.19. The summed E-state index contributed by atoms with van der Waals surface area (Å²) in [5.74, 6) is -1.19. The topological polar surface area (TPSA) is 59.5 Å². The minimum absolute atomic E-state index is 0.0569. The molecule has 1 aromatic heterocycles. The molecule has 0 radical (unpaired) electrons. The van der Waals surface area contributed by atoms with Gasteiger partial charge in [0.1, 0.15) is 10.7 Å². The van der Waals surface area contributed by atoms with E-state index in [0.717, 1.165) is 0 Å². The molecule has 0 saturated carbocycles. The highest BCUT2D eigenvalue weighted by molar-refractivity contribution is 6.35. The van der Waals surface area contributed by atoms with E-state index in [1.54, 1.807) is 32.0 Å². The number of ketones is 1. The summed E-state index contributed by atoms with van der Waals surface area (Å²) in [5, 5.41) is 0.0569. The third kappa shape index (κ3) is 4.06. The Hall–Kier alpha value is -1.88. The average Bonchev–Trinajstić information content (AvgIpc) is 2.36. The molecule has 0 N–H and O–H groups in total. The van der Waals surface area contributed by atoms with E-state index in [0.29, 0.717) is 0 Å². The van der Waals surface area contributed by atoms with Crippen molar-refractivity contribution < 1.29 is 14.3 Å². The number of halogens is 1. The number of Topliss-reactive ketones (excluding diaryl/α,β-unsaturated/α-hetero) is 1. The molecule has 0 aromatic carbocycles. The maximum atomic E-state index is 12.3. The van der Waals surface area contributed by atoms with Crippen LogP contribution in [0.25, 0.3) is 0 Å². The van der Waals surface area contributed by atoms with Gasteiger partial charge in [0.2, 0.25) is 5.78 Å². The van der Waals surface area contributed by atoms with Gasteiger partial charge in [-0.3, -0.25) is 4.79 Å². The highest BCUT2D eigenvalue weighted by Crippen LogP contribution is 2.17. The van der Waals surface area contributed by atoms with Gasteiger partial charge in [-0.25, -0.2) is 9.78 Å². The Bertz CT molecular complexity index is 512. The van der Waals surface area contributed by atoms with E-state index in [2.05, 4.69) is 4.98 Å². The number of esters is 1. The summed E-state index contributed by atoms with van der Waals surface area (Å²) in [6.07, 6.45) is 2.88. The molecule has 102 valence electrons. The second-order valence-electron chi connectivity index (χ2n) is 3.90. The molecule has 6 heteroatoms. The summed E-state index contributed by atoms with van der Waals surface area (Å²) in [5.41, 5.74) is 0.0899. The van der Waals surface area contributed by atoms with Crippen molar-refractivity contribution in [3.8, 4) is 0 Å². The number of carbonyl (C=O) groups is 2. The molecule has 0 amide bonds. The molecule has 0 atom stereocenters. The van der Waals surface area contributed by atoms with Gasteiger partial charge >= 0.3 is 5.97 Å². The zero-order valence-corrected chi connectivity index (χ0v) is 11.8. The molecule has 0 aliphatic rings. The molecular weight excluding hydrogens is 268 g/mol. The van der Waals surface area contributed by atoms with Gasteiger partial charge in [0, 0.05) is 26.5 Å². The third-order valence-corrected chi connectivity index (χ3v) is 2.43. The Morgan fingerprint density at radius 1 is 1.47 bits per heavy atom. The van der Waals surface area contributed by atoms with Crippen LogP contribution in [-0.2, 0) is 9.53 Å². The first-order valence-electron chi connectivity index (χ1n) is 5.68. The average molecular weight is 283 g/mol. The number of ether oxygens (including phenoxy) is 1. The molecule has 1 aromatic rings. The van der Waals surface area contributed by atoms with Gasteiger partial charge in [-0.05, 0) is 19.1 Å². The van der Waals surface area contributed by atoms with E-state index in [9.17, 15) is 9.59 Å². The highest BCUT2D eigenvalue weighted by atomic mass is 35.5. The molecule has 0 fully saturated rings. The molecule has 1 heterocycles. The molecule has 0 aliphatic carbocycles. The Morgan fingerprint density at radius 2 is 2.16 bits per heavy atom. The summed E-state index contributed by atoms with van der Waals surface area (Å²) in [7, 11) is 3.41. The lowest BCUT2D eigenvalue weighted by molar-refractivity contribution is -0.138. The van der Waals surface area contributed by atoms with Crippen molar-refractivity contribution in [3.63, 3.8) is 0 Å². The first-order chi connectivity index (χ1) is 8.97. The van der Waals surface area contributed by atoms with E-state index in [4.69, 9.17) is 16.3 Å². The van der Waals surface area contributed by atoms with Crippen LogP contribution in [0, 0.1) is 0 Å². The third-order valence-electron chi connectivity index (χ3n) is 2.13. The Balaban J connectivity index is 3.16. The van der Waals surface area contributed by atoms with Crippen LogP contribution in [0.15, 0.2) is 30.1 Å². The van der Waals surface area contributed by atoms with Gasteiger partial charge in [0.15, 0.2) is 0 Å². The molecule has 0 unspecified atom stereocenters. The van der Waals surface area contributed by atoms with Crippen molar-refractivity contribution in [2.75, 3.05) is 20.7 Å². The van der Waals surface area contributed by atoms with Gasteiger partial charge < -0.3 is 9.64 Å². The molecule has 19 heavy (non-hydrogen) atoms. The maximum Gasteiger partial charge on any atom is 0.343 e. The predicted octanol–water partition coefficient (Wildman–Crippen LogP) is 1.93. The van der Waals surface area contributed by atoms with Crippen molar-refractivity contribution >= 4 is 23.4 Å². The summed E-state index contributed by atoms with van der Waals surface area (Å²) in [4.78, 5) is 29.5. The van der Waals surface area contributed by atoms with Crippen molar-refractivity contribution in [2.45, 2.75) is 6.92 Å². The number of rotatable bonds is 5. The fraction of sp³-hybridized carbons (Fsp3) is 0.308. The number of hydrogen-bond acceptors (Lipinski definition) is 5. The van der Waals surface area contributed by atoms with Crippen molar-refractivity contribution in [3.05, 3.63) is 40.8 Å². The van der Waals surface area contributed by atoms with E-state index in [1.807, 2.05) is 0 Å². The minimum Gasteiger partial charge on any atom is -0.462 e. The normalized spacial score (nSPS) is 11.1. The fourth-order valence-electron chi connectivity index (χ4n) is 1.37. The van der Waals surface area contributed by atoms with Gasteiger partial charge in [-0.1, -0.05) is 11.6 Å². The second-order valence-corrected chi connectivity index (χ2v) is 4.26. The SMILES string of the molecule is CCOC(=O)/C(=C\N(C)C)C(=O)c1cccnc1Cl. The van der Waals surface area contributed by atoms with E-state index < -0.39 is 11.8 Å². The summed E-state index contributed by atoms with van der Waals surface area (Å²) in [6, 6.07) is 3.10. The molecule has 5 nitrogen and oxygen atoms in total. The number of nitrogens with zero attached hydrogens (tertiary/aromatic N) is 2. The van der Waals surface area contributed by atoms with Crippen LogP contribution in [0.3, 0.4) is 0 Å². The zero-order valence-electron chi connectivity index (χ0n) is 11.0. The quantitative estimate of drug-likeness (QED) is 0.206. The molecular formula is C13H15ClN2O3. The molecule has 0 aliphatic heterocycles. The van der Waals surface area contributed by atoms with Crippen LogP contribution < -0.4 is 0 Å². The minimum atomic E-state index is -0.680. The summed E-state index contributed by atoms with van der Waals surface area (Å²) < 4.78 is 4.87. The summed E-state index contributed by atoms with van der Waals surface area (Å²) >= 11 is 5.86. The standard InChI is InChI=1S/C13H15ClN2O3/c1-4-19-13(18)10(8-16(2)3)11(17)9-6-5-7-15-12(9)14/h5-8H,4H2,1-3H3/b10-8-. The number of pyridine rings is 1. The molecule has 0 spiro atoms. The van der Waals surface area contributed by atoms with Gasteiger partial charge in [0.05, 0.1) is 12.2 Å². The van der Waals surface area contributed by atoms with Crippen LogP contribution >= 0.6 is 11.6 Å². The maximum absolute atomic E-state index is 12.3. The van der Waals surface area contributed by atoms with Crippen LogP contribution in [0.2, 0.25) is 5.15 Å². The molecule has 1 rings (SSSR count). The fourth-order valence-corrected chi connectivity index (χ4v) is 1.58. The molecule has 0 bridgehead atoms. The van der Waals surface area contributed by atoms with E-state index >= 15 is 0 Å². The van der Waals surface area contributed by atoms with E-state index in [1.165, 1.54) is 18.5 Å². The summed E-state index contributed by atoms with van der Waals surface area (Å²) in [6.45, 7) is 1.87. The van der Waals surface area contributed by atoms with Crippen molar-refractivity contribution in [2.24, 2.45) is 0 Å². The largest absolute Gasteiger partial charge is 0.462 e. The Kier molecular flexibility index (Phi) is 5.51. The van der Waals surface area contributed by atoms with Crippen molar-refractivity contribution in [1.29, 1.82) is 0 Å². The lowest BCUT2D eigenvalue weighted by atomic mass is 10.1. The highest BCUT2D eigenvalue weighted by Gasteiger charge is 2.23. The number of carbonyl (C=O) groups excluding carboxylic acids is 2. The predicted molar refractivity (Wildman–Crippen MR) is 72.0 cm³/mol. The Morgan fingerprint density at radius 3 is 2.68 bits per heavy atom. The molecule has 0 saturated heterocycles. The lowest BCUT2D eigenvalue weighted by Gasteiger charge is -2.11. The van der Waals surface area contributed by atoms with Crippen molar-refractivity contribution in [1.82, 2.24) is 9.88 Å². The van der Waals surface area contributed by atoms with Gasteiger partial charge in [-0.2, -0.15) is 0 Å².